The van der Waals surface area contributed by atoms with Crippen LogP contribution in [-0.2, 0) is 4.74 Å². The molecule has 1 N–H and O–H groups in total. The van der Waals surface area contributed by atoms with Gasteiger partial charge >= 0.3 is 0 Å². The van der Waals surface area contributed by atoms with E-state index in [-0.39, 0.29) is 5.56 Å². The largest absolute Gasteiger partial charge is 0.378 e. The van der Waals surface area contributed by atoms with Crippen molar-refractivity contribution in [3.8, 4) is 0 Å². The molecule has 0 radical (unpaired) electrons. The van der Waals surface area contributed by atoms with Crippen molar-refractivity contribution in [1.82, 2.24) is 14.6 Å². The minimum absolute atomic E-state index is 0.0837. The van der Waals surface area contributed by atoms with Crippen LogP contribution in [0.2, 0.25) is 0 Å². The molecule has 20 heavy (non-hydrogen) atoms. The number of nitrogens with one attached hydrogen (secondary N) is 1. The highest BCUT2D eigenvalue weighted by Crippen LogP contribution is 2.18. The van der Waals surface area contributed by atoms with E-state index in [1.807, 2.05) is 19.0 Å². The van der Waals surface area contributed by atoms with Crippen molar-refractivity contribution >= 4 is 16.7 Å². The molecule has 1 aliphatic rings. The molecule has 3 heterocycles. The van der Waals surface area contributed by atoms with Crippen molar-refractivity contribution in [2.75, 3.05) is 43.7 Å². The van der Waals surface area contributed by atoms with Crippen LogP contribution in [0.5, 0.6) is 0 Å². The molecule has 2 aromatic rings. The zero-order valence-corrected chi connectivity index (χ0v) is 11.6. The van der Waals surface area contributed by atoms with E-state index in [2.05, 4.69) is 15.3 Å². The van der Waals surface area contributed by atoms with Crippen LogP contribution in [0.3, 0.4) is 0 Å². The first kappa shape index (κ1) is 12.9. The highest BCUT2D eigenvalue weighted by Gasteiger charge is 2.14. The molecule has 2 aromatic heterocycles. The minimum atomic E-state index is -0.0837. The standard InChI is InChI=1S/C13H17N5O2/c1-9-15-11-7-12(19)18(17-3-5-20-6-4-17)8-10(11)13(14-2)16-9/h7-8H,3-6H2,1-2H3,(H,14,15,16). The molecule has 7 nitrogen and oxygen atoms in total. The van der Waals surface area contributed by atoms with Crippen molar-refractivity contribution in [1.29, 1.82) is 0 Å². The predicted molar refractivity (Wildman–Crippen MR) is 76.9 cm³/mol. The maximum atomic E-state index is 12.2. The van der Waals surface area contributed by atoms with Crippen LogP contribution in [0.15, 0.2) is 17.1 Å². The second kappa shape index (κ2) is 5.09. The molecule has 1 fully saturated rings. The van der Waals surface area contributed by atoms with Crippen molar-refractivity contribution in [2.24, 2.45) is 0 Å². The van der Waals surface area contributed by atoms with Crippen LogP contribution in [0.1, 0.15) is 5.82 Å². The summed E-state index contributed by atoms with van der Waals surface area (Å²) in [6.07, 6.45) is 1.80. The summed E-state index contributed by atoms with van der Waals surface area (Å²) in [6, 6.07) is 1.56. The number of rotatable bonds is 2. The van der Waals surface area contributed by atoms with Gasteiger partial charge in [-0.3, -0.25) is 4.79 Å². The van der Waals surface area contributed by atoms with E-state index in [4.69, 9.17) is 4.74 Å². The van der Waals surface area contributed by atoms with Gasteiger partial charge in [-0.2, -0.15) is 0 Å². The summed E-state index contributed by atoms with van der Waals surface area (Å²) in [4.78, 5) is 20.9. The summed E-state index contributed by atoms with van der Waals surface area (Å²) >= 11 is 0. The molecular formula is C13H17N5O2. The van der Waals surface area contributed by atoms with Gasteiger partial charge in [0.2, 0.25) is 0 Å². The Hall–Kier alpha value is -2.15. The number of anilines is 1. The van der Waals surface area contributed by atoms with Crippen LogP contribution in [0.4, 0.5) is 5.82 Å². The summed E-state index contributed by atoms with van der Waals surface area (Å²) in [5.41, 5.74) is 0.580. The third kappa shape index (κ3) is 2.20. The molecule has 0 aliphatic carbocycles. The number of nitrogens with zero attached hydrogens (tertiary/aromatic N) is 4. The Kier molecular flexibility index (Phi) is 3.27. The van der Waals surface area contributed by atoms with Gasteiger partial charge in [0.15, 0.2) is 0 Å². The van der Waals surface area contributed by atoms with Crippen LogP contribution in [-0.4, -0.2) is 48.0 Å². The summed E-state index contributed by atoms with van der Waals surface area (Å²) in [5, 5.41) is 5.86. The molecule has 3 rings (SSSR count). The van der Waals surface area contributed by atoms with Gasteiger partial charge < -0.3 is 15.1 Å². The highest BCUT2D eigenvalue weighted by atomic mass is 16.5. The molecule has 0 saturated carbocycles. The van der Waals surface area contributed by atoms with Gasteiger partial charge in [-0.25, -0.2) is 14.6 Å². The lowest BCUT2D eigenvalue weighted by Crippen LogP contribution is -2.48. The van der Waals surface area contributed by atoms with E-state index in [0.29, 0.717) is 37.6 Å². The third-order valence-corrected chi connectivity index (χ3v) is 3.35. The van der Waals surface area contributed by atoms with Gasteiger partial charge in [-0.1, -0.05) is 0 Å². The Bertz CT molecular complexity index is 691. The number of hydrogen-bond donors (Lipinski definition) is 1. The average molecular weight is 275 g/mol. The van der Waals surface area contributed by atoms with Gasteiger partial charge in [0.05, 0.1) is 37.2 Å². The fraction of sp³-hybridized carbons (Fsp3) is 0.462. The van der Waals surface area contributed by atoms with Crippen molar-refractivity contribution in [3.05, 3.63) is 28.4 Å². The SMILES string of the molecule is CNc1nc(C)nc2cc(=O)n(N3CCOCC3)cc12. The molecule has 0 unspecified atom stereocenters. The van der Waals surface area contributed by atoms with E-state index >= 15 is 0 Å². The quantitative estimate of drug-likeness (QED) is 0.838. The fourth-order valence-electron chi connectivity index (χ4n) is 2.39. The van der Waals surface area contributed by atoms with Gasteiger partial charge in [0.1, 0.15) is 11.6 Å². The number of fused-ring (bicyclic) bond motifs is 1. The van der Waals surface area contributed by atoms with E-state index in [9.17, 15) is 4.79 Å². The molecule has 0 atom stereocenters. The lowest BCUT2D eigenvalue weighted by atomic mass is 10.3. The molecule has 1 saturated heterocycles. The normalized spacial score (nSPS) is 15.6. The Morgan fingerprint density at radius 2 is 2.05 bits per heavy atom. The molecule has 106 valence electrons. The first-order valence-corrected chi connectivity index (χ1v) is 6.61. The number of aromatic nitrogens is 3. The lowest BCUT2D eigenvalue weighted by Gasteiger charge is -2.30. The number of ether oxygens (including phenoxy) is 1. The predicted octanol–water partition coefficient (Wildman–Crippen LogP) is 0.110. The van der Waals surface area contributed by atoms with Gasteiger partial charge in [0, 0.05) is 19.3 Å². The summed E-state index contributed by atoms with van der Waals surface area (Å²) in [6.45, 7) is 4.48. The Balaban J connectivity index is 2.16. The van der Waals surface area contributed by atoms with E-state index in [0.717, 1.165) is 11.2 Å². The van der Waals surface area contributed by atoms with Crippen LogP contribution in [0.25, 0.3) is 10.9 Å². The maximum Gasteiger partial charge on any atom is 0.271 e. The first-order chi connectivity index (χ1) is 9.69. The molecule has 7 heteroatoms. The van der Waals surface area contributed by atoms with Gasteiger partial charge in [-0.15, -0.1) is 0 Å². The zero-order valence-electron chi connectivity index (χ0n) is 11.6. The number of morpholine rings is 1. The summed E-state index contributed by atoms with van der Waals surface area (Å²) in [5.74, 6) is 1.37. The van der Waals surface area contributed by atoms with E-state index in [1.165, 1.54) is 0 Å². The zero-order chi connectivity index (χ0) is 14.1. The highest BCUT2D eigenvalue weighted by molar-refractivity contribution is 5.88. The smallest absolute Gasteiger partial charge is 0.271 e. The van der Waals surface area contributed by atoms with Crippen molar-refractivity contribution in [2.45, 2.75) is 6.92 Å². The second-order valence-electron chi connectivity index (χ2n) is 4.69. The molecule has 0 aromatic carbocycles. The lowest BCUT2D eigenvalue weighted by molar-refractivity contribution is 0.111. The molecule has 1 aliphatic heterocycles. The second-order valence-corrected chi connectivity index (χ2v) is 4.69. The topological polar surface area (TPSA) is 72.3 Å². The maximum absolute atomic E-state index is 12.2. The van der Waals surface area contributed by atoms with Gasteiger partial charge in [0.25, 0.3) is 5.56 Å². The third-order valence-electron chi connectivity index (χ3n) is 3.35. The van der Waals surface area contributed by atoms with Gasteiger partial charge in [-0.05, 0) is 6.92 Å². The fourth-order valence-corrected chi connectivity index (χ4v) is 2.39. The molecular weight excluding hydrogens is 258 g/mol. The molecule has 0 bridgehead atoms. The summed E-state index contributed by atoms with van der Waals surface area (Å²) in [7, 11) is 1.81. The van der Waals surface area contributed by atoms with Crippen LogP contribution >= 0.6 is 0 Å². The molecule has 0 spiro atoms. The number of pyridine rings is 1. The Morgan fingerprint density at radius 1 is 1.30 bits per heavy atom. The van der Waals surface area contributed by atoms with E-state index in [1.54, 1.807) is 16.9 Å². The average Bonchev–Trinajstić information content (AvgIpc) is 2.46. The Morgan fingerprint density at radius 3 is 2.75 bits per heavy atom. The van der Waals surface area contributed by atoms with Crippen LogP contribution < -0.4 is 15.9 Å². The summed E-state index contributed by atoms with van der Waals surface area (Å²) < 4.78 is 6.94. The molecule has 0 amide bonds. The van der Waals surface area contributed by atoms with Crippen molar-refractivity contribution in [3.63, 3.8) is 0 Å². The first-order valence-electron chi connectivity index (χ1n) is 6.61. The van der Waals surface area contributed by atoms with Crippen LogP contribution in [0, 0.1) is 6.92 Å². The number of hydrogen-bond acceptors (Lipinski definition) is 6. The minimum Gasteiger partial charge on any atom is -0.378 e. The van der Waals surface area contributed by atoms with Crippen molar-refractivity contribution < 1.29 is 4.74 Å². The number of aryl methyl sites for hydroxylation is 1. The van der Waals surface area contributed by atoms with E-state index < -0.39 is 0 Å². The Labute approximate surface area is 116 Å². The monoisotopic (exact) mass is 275 g/mol.